The minimum absolute atomic E-state index is 0.113. The third kappa shape index (κ3) is 4.57. The Balaban J connectivity index is 1.76. The molecule has 2 aromatic rings. The molecule has 0 saturated carbocycles. The topological polar surface area (TPSA) is 64.9 Å². The monoisotopic (exact) mass is 261 g/mol. The minimum Gasteiger partial charge on any atom is -0.475 e. The second-order valence-corrected chi connectivity index (χ2v) is 4.43. The number of anilines is 1. The number of ether oxygens (including phenoxy) is 1. The van der Waals surface area contributed by atoms with Crippen molar-refractivity contribution >= 4 is 5.95 Å². The van der Waals surface area contributed by atoms with Gasteiger partial charge in [-0.1, -0.05) is 0 Å². The smallest absolute Gasteiger partial charge is 0.225 e. The van der Waals surface area contributed by atoms with Gasteiger partial charge in [-0.05, 0) is 26.3 Å². The van der Waals surface area contributed by atoms with Gasteiger partial charge in [-0.3, -0.25) is 4.68 Å². The molecule has 0 radical (unpaired) electrons. The molecule has 0 aromatic carbocycles. The molecule has 6 nitrogen and oxygen atoms in total. The summed E-state index contributed by atoms with van der Waals surface area (Å²) >= 11 is 0. The van der Waals surface area contributed by atoms with Gasteiger partial charge in [0.05, 0.1) is 6.10 Å². The van der Waals surface area contributed by atoms with Crippen LogP contribution in [0.15, 0.2) is 30.7 Å². The highest BCUT2D eigenvalue weighted by molar-refractivity contribution is 5.27. The molecule has 0 fully saturated rings. The number of aryl methyl sites for hydroxylation is 1. The first kappa shape index (κ1) is 13.3. The average molecular weight is 261 g/mol. The van der Waals surface area contributed by atoms with Crippen molar-refractivity contribution in [3.05, 3.63) is 30.7 Å². The molecule has 0 amide bonds. The Bertz CT molecular complexity index is 484. The molecule has 0 aliphatic carbocycles. The lowest BCUT2D eigenvalue weighted by molar-refractivity contribution is 0.232. The van der Waals surface area contributed by atoms with E-state index in [-0.39, 0.29) is 6.10 Å². The van der Waals surface area contributed by atoms with Crippen LogP contribution in [-0.4, -0.2) is 32.4 Å². The van der Waals surface area contributed by atoms with Gasteiger partial charge in [-0.15, -0.1) is 0 Å². The quantitative estimate of drug-likeness (QED) is 0.772. The fourth-order valence-corrected chi connectivity index (χ4v) is 1.61. The molecule has 2 aromatic heterocycles. The van der Waals surface area contributed by atoms with Crippen LogP contribution in [0.3, 0.4) is 0 Å². The fourth-order valence-electron chi connectivity index (χ4n) is 1.61. The van der Waals surface area contributed by atoms with Gasteiger partial charge in [0.25, 0.3) is 0 Å². The van der Waals surface area contributed by atoms with Crippen LogP contribution < -0.4 is 10.1 Å². The summed E-state index contributed by atoms with van der Waals surface area (Å²) in [5.74, 6) is 1.19. The summed E-state index contributed by atoms with van der Waals surface area (Å²) in [6, 6.07) is 3.68. The first-order valence-corrected chi connectivity index (χ1v) is 6.45. The van der Waals surface area contributed by atoms with Crippen LogP contribution in [0.2, 0.25) is 0 Å². The Labute approximate surface area is 112 Å². The largest absolute Gasteiger partial charge is 0.475 e. The van der Waals surface area contributed by atoms with Crippen LogP contribution in [0.25, 0.3) is 0 Å². The zero-order valence-electron chi connectivity index (χ0n) is 11.3. The van der Waals surface area contributed by atoms with Crippen molar-refractivity contribution in [2.24, 2.45) is 0 Å². The van der Waals surface area contributed by atoms with E-state index < -0.39 is 0 Å². The molecule has 1 N–H and O–H groups in total. The summed E-state index contributed by atoms with van der Waals surface area (Å²) < 4.78 is 7.42. The van der Waals surface area contributed by atoms with Crippen molar-refractivity contribution in [3.63, 3.8) is 0 Å². The number of aromatic nitrogens is 4. The number of nitrogens with one attached hydrogen (secondary N) is 1. The van der Waals surface area contributed by atoms with E-state index in [9.17, 15) is 0 Å². The number of nitrogens with zero attached hydrogens (tertiary/aromatic N) is 4. The van der Waals surface area contributed by atoms with Crippen molar-refractivity contribution in [1.29, 1.82) is 0 Å². The molecule has 0 bridgehead atoms. The number of hydrogen-bond donors (Lipinski definition) is 1. The predicted octanol–water partition coefficient (Wildman–Crippen LogP) is 1.96. The SMILES string of the molecule is CC(C)Oc1ccnc(NCCCn2cccn2)n1. The summed E-state index contributed by atoms with van der Waals surface area (Å²) in [5, 5.41) is 7.32. The first-order chi connectivity index (χ1) is 9.24. The van der Waals surface area contributed by atoms with E-state index in [0.29, 0.717) is 11.8 Å². The Morgan fingerprint density at radius 3 is 3.00 bits per heavy atom. The van der Waals surface area contributed by atoms with Crippen molar-refractivity contribution in [2.75, 3.05) is 11.9 Å². The molecule has 0 aliphatic rings. The van der Waals surface area contributed by atoms with Gasteiger partial charge < -0.3 is 10.1 Å². The Kier molecular flexibility index (Phi) is 4.72. The van der Waals surface area contributed by atoms with E-state index in [1.54, 1.807) is 18.5 Å². The maximum Gasteiger partial charge on any atom is 0.225 e. The van der Waals surface area contributed by atoms with E-state index in [1.807, 2.05) is 30.8 Å². The molecule has 0 atom stereocenters. The van der Waals surface area contributed by atoms with Crippen LogP contribution in [0.5, 0.6) is 5.88 Å². The lowest BCUT2D eigenvalue weighted by Crippen LogP contribution is -2.11. The summed E-state index contributed by atoms with van der Waals surface area (Å²) in [6.07, 6.45) is 6.50. The summed E-state index contributed by atoms with van der Waals surface area (Å²) in [4.78, 5) is 8.44. The van der Waals surface area contributed by atoms with Crippen molar-refractivity contribution in [2.45, 2.75) is 32.9 Å². The van der Waals surface area contributed by atoms with Crippen LogP contribution >= 0.6 is 0 Å². The molecule has 0 aliphatic heterocycles. The fraction of sp³-hybridized carbons (Fsp3) is 0.462. The Morgan fingerprint density at radius 1 is 1.37 bits per heavy atom. The van der Waals surface area contributed by atoms with Crippen LogP contribution in [-0.2, 0) is 6.54 Å². The third-order valence-electron chi connectivity index (χ3n) is 2.39. The van der Waals surface area contributed by atoms with Gasteiger partial charge in [0.15, 0.2) is 0 Å². The lowest BCUT2D eigenvalue weighted by Gasteiger charge is -2.10. The van der Waals surface area contributed by atoms with E-state index in [4.69, 9.17) is 4.74 Å². The summed E-state index contributed by atoms with van der Waals surface area (Å²) in [5.41, 5.74) is 0. The zero-order chi connectivity index (χ0) is 13.5. The summed E-state index contributed by atoms with van der Waals surface area (Å²) in [7, 11) is 0. The van der Waals surface area contributed by atoms with E-state index in [0.717, 1.165) is 19.5 Å². The van der Waals surface area contributed by atoms with Crippen LogP contribution in [0.4, 0.5) is 5.95 Å². The molecule has 0 unspecified atom stereocenters. The third-order valence-corrected chi connectivity index (χ3v) is 2.39. The average Bonchev–Trinajstić information content (AvgIpc) is 2.87. The Hall–Kier alpha value is -2.11. The maximum atomic E-state index is 5.51. The molecule has 102 valence electrons. The second kappa shape index (κ2) is 6.72. The van der Waals surface area contributed by atoms with Gasteiger partial charge >= 0.3 is 0 Å². The maximum absolute atomic E-state index is 5.51. The normalized spacial score (nSPS) is 10.7. The van der Waals surface area contributed by atoms with Gasteiger partial charge in [0, 0.05) is 37.7 Å². The summed E-state index contributed by atoms with van der Waals surface area (Å²) in [6.45, 7) is 5.62. The molecular formula is C13H19N5O. The highest BCUT2D eigenvalue weighted by Crippen LogP contribution is 2.10. The molecule has 0 saturated heterocycles. The van der Waals surface area contributed by atoms with Gasteiger partial charge in [0.1, 0.15) is 0 Å². The molecule has 19 heavy (non-hydrogen) atoms. The predicted molar refractivity (Wildman–Crippen MR) is 73.1 cm³/mol. The minimum atomic E-state index is 0.113. The second-order valence-electron chi connectivity index (χ2n) is 4.43. The lowest BCUT2D eigenvalue weighted by atomic mass is 10.4. The van der Waals surface area contributed by atoms with E-state index >= 15 is 0 Å². The molecule has 0 spiro atoms. The first-order valence-electron chi connectivity index (χ1n) is 6.45. The van der Waals surface area contributed by atoms with Crippen molar-refractivity contribution < 1.29 is 4.74 Å². The Morgan fingerprint density at radius 2 is 2.26 bits per heavy atom. The standard InChI is InChI=1S/C13H19N5O/c1-11(2)19-12-5-8-15-13(17-12)14-6-3-9-18-10-4-7-16-18/h4-5,7-8,10-11H,3,6,9H2,1-2H3,(H,14,15,17). The van der Waals surface area contributed by atoms with E-state index in [2.05, 4.69) is 20.4 Å². The highest BCUT2D eigenvalue weighted by atomic mass is 16.5. The van der Waals surface area contributed by atoms with Crippen molar-refractivity contribution in [3.8, 4) is 5.88 Å². The number of rotatable bonds is 7. The molecule has 2 heterocycles. The highest BCUT2D eigenvalue weighted by Gasteiger charge is 2.01. The van der Waals surface area contributed by atoms with Crippen LogP contribution in [0.1, 0.15) is 20.3 Å². The van der Waals surface area contributed by atoms with Crippen molar-refractivity contribution in [1.82, 2.24) is 19.7 Å². The molecule has 6 heteroatoms. The number of hydrogen-bond acceptors (Lipinski definition) is 5. The van der Waals surface area contributed by atoms with Crippen LogP contribution in [0, 0.1) is 0 Å². The molecular weight excluding hydrogens is 242 g/mol. The van der Waals surface area contributed by atoms with Gasteiger partial charge in [-0.2, -0.15) is 10.1 Å². The zero-order valence-corrected chi connectivity index (χ0v) is 11.3. The van der Waals surface area contributed by atoms with Gasteiger partial charge in [0.2, 0.25) is 11.8 Å². The molecule has 2 rings (SSSR count). The van der Waals surface area contributed by atoms with Gasteiger partial charge in [-0.25, -0.2) is 4.98 Å². The van der Waals surface area contributed by atoms with E-state index in [1.165, 1.54) is 0 Å².